The average Bonchev–Trinajstić information content (AvgIpc) is 2.27. The van der Waals surface area contributed by atoms with Gasteiger partial charge < -0.3 is 5.32 Å². The van der Waals surface area contributed by atoms with Gasteiger partial charge in [-0.3, -0.25) is 0 Å². The predicted octanol–water partition coefficient (Wildman–Crippen LogP) is 4.70. The summed E-state index contributed by atoms with van der Waals surface area (Å²) in [5.41, 5.74) is 1.13. The number of hydrogen-bond donors (Lipinski definition) is 1. The Morgan fingerprint density at radius 3 is 2.63 bits per heavy atom. The van der Waals surface area contributed by atoms with Gasteiger partial charge in [0.2, 0.25) is 0 Å². The van der Waals surface area contributed by atoms with Crippen LogP contribution in [-0.2, 0) is 6.42 Å². The zero-order chi connectivity index (χ0) is 14.3. The van der Waals surface area contributed by atoms with Crippen LogP contribution in [-0.4, -0.2) is 18.8 Å². The molecule has 0 bridgehead atoms. The van der Waals surface area contributed by atoms with Crippen LogP contribution in [0.2, 0.25) is 0 Å². The van der Waals surface area contributed by atoms with E-state index in [0.29, 0.717) is 6.42 Å². The molecule has 1 nitrogen and oxygen atoms in total. The van der Waals surface area contributed by atoms with E-state index in [1.807, 2.05) is 31.2 Å². The summed E-state index contributed by atoms with van der Waals surface area (Å²) in [5, 5.41) is 3.25. The largest absolute Gasteiger partial charge is 0.389 e. The molecule has 1 aromatic carbocycles. The Kier molecular flexibility index (Phi) is 6.86. The summed E-state index contributed by atoms with van der Waals surface area (Å²) in [7, 11) is 0. The maximum atomic E-state index is 12.1. The van der Waals surface area contributed by atoms with Crippen LogP contribution < -0.4 is 5.32 Å². The highest BCUT2D eigenvalue weighted by molar-refractivity contribution is 9.10. The molecule has 1 N–H and O–H groups in total. The van der Waals surface area contributed by atoms with Crippen molar-refractivity contribution < 1.29 is 13.2 Å². The van der Waals surface area contributed by atoms with Crippen molar-refractivity contribution >= 4 is 15.9 Å². The van der Waals surface area contributed by atoms with E-state index in [0.717, 1.165) is 23.0 Å². The Bertz CT molecular complexity index is 379. The first kappa shape index (κ1) is 16.5. The Hall–Kier alpha value is -0.550. The third-order valence-corrected chi connectivity index (χ3v) is 3.37. The van der Waals surface area contributed by atoms with Crippen molar-refractivity contribution in [3.8, 4) is 0 Å². The number of halogens is 4. The van der Waals surface area contributed by atoms with Crippen molar-refractivity contribution in [3.05, 3.63) is 34.3 Å². The molecule has 0 spiro atoms. The monoisotopic (exact) mass is 337 g/mol. The Labute approximate surface area is 120 Å². The minimum atomic E-state index is -4.05. The summed E-state index contributed by atoms with van der Waals surface area (Å²) in [6.45, 7) is 2.74. The fourth-order valence-corrected chi connectivity index (χ4v) is 2.51. The first-order valence-corrected chi connectivity index (χ1v) is 7.24. The molecule has 108 valence electrons. The lowest BCUT2D eigenvalue weighted by atomic mass is 10.0. The zero-order valence-corrected chi connectivity index (χ0v) is 12.5. The van der Waals surface area contributed by atoms with E-state index in [2.05, 4.69) is 21.2 Å². The topological polar surface area (TPSA) is 12.0 Å². The molecule has 0 fully saturated rings. The summed E-state index contributed by atoms with van der Waals surface area (Å²) >= 11 is 3.40. The van der Waals surface area contributed by atoms with Gasteiger partial charge in [-0.1, -0.05) is 35.0 Å². The van der Waals surface area contributed by atoms with Crippen molar-refractivity contribution in [3.63, 3.8) is 0 Å². The lowest BCUT2D eigenvalue weighted by Gasteiger charge is -2.18. The van der Waals surface area contributed by atoms with Crippen LogP contribution in [0.25, 0.3) is 0 Å². The molecule has 0 aliphatic rings. The molecule has 5 heteroatoms. The average molecular weight is 338 g/mol. The van der Waals surface area contributed by atoms with Crippen LogP contribution in [0.3, 0.4) is 0 Å². The van der Waals surface area contributed by atoms with E-state index in [4.69, 9.17) is 0 Å². The number of likely N-dealkylation sites (N-methyl/N-ethyl adjacent to an activating group) is 1. The smallest absolute Gasteiger partial charge is 0.314 e. The first-order valence-electron chi connectivity index (χ1n) is 6.45. The molecule has 1 aromatic rings. The van der Waals surface area contributed by atoms with Gasteiger partial charge in [0.05, 0.1) is 0 Å². The molecule has 0 radical (unpaired) electrons. The Morgan fingerprint density at radius 2 is 2.05 bits per heavy atom. The molecule has 0 amide bonds. The maximum absolute atomic E-state index is 12.1. The number of hydrogen-bond acceptors (Lipinski definition) is 1. The van der Waals surface area contributed by atoms with E-state index >= 15 is 0 Å². The molecule has 1 rings (SSSR count). The van der Waals surface area contributed by atoms with Crippen LogP contribution in [0.5, 0.6) is 0 Å². The normalized spacial score (nSPS) is 13.5. The van der Waals surface area contributed by atoms with E-state index in [9.17, 15) is 13.2 Å². The fraction of sp³-hybridized carbons (Fsp3) is 0.571. The molecular weight excluding hydrogens is 319 g/mol. The highest BCUT2D eigenvalue weighted by atomic mass is 79.9. The standard InChI is InChI=1S/C14H19BrF3N/c1-2-19-13(7-4-8-14(16,17)18)10-11-5-3-6-12(15)9-11/h3,5-6,9,13,19H,2,4,7-8,10H2,1H3. The second-order valence-corrected chi connectivity index (χ2v) is 5.51. The van der Waals surface area contributed by atoms with Gasteiger partial charge in [-0.05, 0) is 43.5 Å². The van der Waals surface area contributed by atoms with Gasteiger partial charge in [-0.25, -0.2) is 0 Å². The van der Waals surface area contributed by atoms with Crippen LogP contribution in [0.1, 0.15) is 31.7 Å². The summed E-state index contributed by atoms with van der Waals surface area (Å²) in [5.74, 6) is 0. The van der Waals surface area contributed by atoms with Crippen molar-refractivity contribution in [2.24, 2.45) is 0 Å². The van der Waals surface area contributed by atoms with E-state index in [1.54, 1.807) is 0 Å². The molecule has 19 heavy (non-hydrogen) atoms. The van der Waals surface area contributed by atoms with E-state index in [1.165, 1.54) is 0 Å². The SMILES string of the molecule is CCNC(CCCC(F)(F)F)Cc1cccc(Br)c1. The molecule has 0 heterocycles. The van der Waals surface area contributed by atoms with E-state index < -0.39 is 12.6 Å². The molecule has 0 saturated heterocycles. The van der Waals surface area contributed by atoms with Crippen LogP contribution in [0.15, 0.2) is 28.7 Å². The number of benzene rings is 1. The number of nitrogens with one attached hydrogen (secondary N) is 1. The van der Waals surface area contributed by atoms with Gasteiger partial charge in [0, 0.05) is 16.9 Å². The Morgan fingerprint density at radius 1 is 1.32 bits per heavy atom. The fourth-order valence-electron chi connectivity index (χ4n) is 2.06. The molecule has 0 aromatic heterocycles. The van der Waals surface area contributed by atoms with Crippen molar-refractivity contribution in [2.75, 3.05) is 6.54 Å². The van der Waals surface area contributed by atoms with Gasteiger partial charge in [0.1, 0.15) is 0 Å². The first-order chi connectivity index (χ1) is 8.90. The van der Waals surface area contributed by atoms with Crippen LogP contribution in [0.4, 0.5) is 13.2 Å². The summed E-state index contributed by atoms with van der Waals surface area (Å²) < 4.78 is 37.4. The van der Waals surface area contributed by atoms with Gasteiger partial charge in [0.25, 0.3) is 0 Å². The van der Waals surface area contributed by atoms with Crippen molar-refractivity contribution in [1.82, 2.24) is 5.32 Å². The summed E-state index contributed by atoms with van der Waals surface area (Å²) in [4.78, 5) is 0. The summed E-state index contributed by atoms with van der Waals surface area (Å²) in [6, 6.07) is 7.99. The molecule has 1 unspecified atom stereocenters. The highest BCUT2D eigenvalue weighted by Gasteiger charge is 2.26. The molecule has 0 aliphatic heterocycles. The van der Waals surface area contributed by atoms with Crippen molar-refractivity contribution in [1.29, 1.82) is 0 Å². The number of rotatable bonds is 7. The van der Waals surface area contributed by atoms with Gasteiger partial charge in [-0.15, -0.1) is 0 Å². The minimum absolute atomic E-state index is 0.0987. The second kappa shape index (κ2) is 7.90. The lowest BCUT2D eigenvalue weighted by Crippen LogP contribution is -2.31. The molecule has 0 aliphatic carbocycles. The Balaban J connectivity index is 2.48. The van der Waals surface area contributed by atoms with Gasteiger partial charge >= 0.3 is 6.18 Å². The van der Waals surface area contributed by atoms with Gasteiger partial charge in [-0.2, -0.15) is 13.2 Å². The quantitative estimate of drug-likeness (QED) is 0.760. The lowest BCUT2D eigenvalue weighted by molar-refractivity contribution is -0.135. The third-order valence-electron chi connectivity index (χ3n) is 2.88. The maximum Gasteiger partial charge on any atom is 0.389 e. The van der Waals surface area contributed by atoms with Crippen LogP contribution in [0, 0.1) is 0 Å². The zero-order valence-electron chi connectivity index (χ0n) is 10.9. The van der Waals surface area contributed by atoms with Crippen molar-refractivity contribution in [2.45, 2.75) is 44.8 Å². The predicted molar refractivity (Wildman–Crippen MR) is 75.2 cm³/mol. The minimum Gasteiger partial charge on any atom is -0.314 e. The van der Waals surface area contributed by atoms with Gasteiger partial charge in [0.15, 0.2) is 0 Å². The summed E-state index contributed by atoms with van der Waals surface area (Å²) in [6.07, 6.45) is -3.28. The third kappa shape index (κ3) is 7.57. The van der Waals surface area contributed by atoms with E-state index in [-0.39, 0.29) is 12.5 Å². The second-order valence-electron chi connectivity index (χ2n) is 4.60. The molecule has 1 atom stereocenters. The van der Waals surface area contributed by atoms with Crippen LogP contribution >= 0.6 is 15.9 Å². The molecular formula is C14H19BrF3N. The highest BCUT2D eigenvalue weighted by Crippen LogP contribution is 2.23. The number of alkyl halides is 3. The molecule has 0 saturated carbocycles.